The molecular weight excluding hydrogens is 420 g/mol. The van der Waals surface area contributed by atoms with Crippen LogP contribution in [0.1, 0.15) is 0 Å². The van der Waals surface area contributed by atoms with Crippen LogP contribution in [-0.4, -0.2) is 48.8 Å². The molecule has 0 bridgehead atoms. The van der Waals surface area contributed by atoms with Crippen molar-refractivity contribution in [1.29, 1.82) is 0 Å². The molecule has 2 aromatic heterocycles. The highest BCUT2D eigenvalue weighted by molar-refractivity contribution is 9.11. The van der Waals surface area contributed by atoms with Gasteiger partial charge in [-0.25, -0.2) is 13.4 Å². The highest BCUT2D eigenvalue weighted by Crippen LogP contribution is 2.30. The van der Waals surface area contributed by atoms with Crippen molar-refractivity contribution in [2.45, 2.75) is 4.21 Å². The third-order valence-electron chi connectivity index (χ3n) is 3.64. The molecule has 1 aliphatic heterocycles. The SMILES string of the molecule is O=[N+]([O-])c1cccnc1N1CCN(S(=O)(=O)c2ccc(Br)s2)CC1. The largest absolute Gasteiger partial charge is 0.348 e. The molecule has 1 aliphatic rings. The molecule has 0 atom stereocenters. The Kier molecular flexibility index (Phi) is 4.85. The highest BCUT2D eigenvalue weighted by Gasteiger charge is 2.31. The maximum absolute atomic E-state index is 12.6. The summed E-state index contributed by atoms with van der Waals surface area (Å²) < 4.78 is 27.6. The van der Waals surface area contributed by atoms with Crippen molar-refractivity contribution in [3.63, 3.8) is 0 Å². The minimum atomic E-state index is -3.53. The summed E-state index contributed by atoms with van der Waals surface area (Å²) in [7, 11) is -3.53. The monoisotopic (exact) mass is 432 g/mol. The molecule has 0 spiro atoms. The zero-order valence-corrected chi connectivity index (χ0v) is 15.6. The standard InChI is InChI=1S/C13H13BrN4O4S2/c14-11-3-4-12(23-11)24(21,22)17-8-6-16(7-9-17)13-10(18(19)20)2-1-5-15-13/h1-5H,6-9H2. The van der Waals surface area contributed by atoms with E-state index in [9.17, 15) is 18.5 Å². The first-order valence-electron chi connectivity index (χ1n) is 6.99. The molecule has 0 N–H and O–H groups in total. The van der Waals surface area contributed by atoms with Gasteiger partial charge in [-0.3, -0.25) is 10.1 Å². The molecule has 0 radical (unpaired) electrons. The maximum Gasteiger partial charge on any atom is 0.311 e. The molecule has 0 aliphatic carbocycles. The first kappa shape index (κ1) is 17.3. The lowest BCUT2D eigenvalue weighted by Gasteiger charge is -2.34. The van der Waals surface area contributed by atoms with E-state index >= 15 is 0 Å². The Morgan fingerprint density at radius 3 is 2.50 bits per heavy atom. The fourth-order valence-electron chi connectivity index (χ4n) is 2.48. The zero-order valence-electron chi connectivity index (χ0n) is 12.3. The van der Waals surface area contributed by atoms with E-state index in [-0.39, 0.29) is 28.8 Å². The number of rotatable bonds is 4. The van der Waals surface area contributed by atoms with Crippen LogP contribution in [-0.2, 0) is 10.0 Å². The molecule has 0 unspecified atom stereocenters. The molecule has 0 amide bonds. The van der Waals surface area contributed by atoms with Gasteiger partial charge in [-0.2, -0.15) is 4.31 Å². The predicted molar refractivity (Wildman–Crippen MR) is 93.9 cm³/mol. The Bertz CT molecular complexity index is 862. The van der Waals surface area contributed by atoms with Crippen molar-refractivity contribution in [1.82, 2.24) is 9.29 Å². The van der Waals surface area contributed by atoms with Crippen LogP contribution in [0.5, 0.6) is 0 Å². The lowest BCUT2D eigenvalue weighted by Crippen LogP contribution is -2.48. The molecule has 1 fully saturated rings. The molecule has 1 saturated heterocycles. The summed E-state index contributed by atoms with van der Waals surface area (Å²) in [5.74, 6) is 0.276. The van der Waals surface area contributed by atoms with Gasteiger partial charge < -0.3 is 4.90 Å². The lowest BCUT2D eigenvalue weighted by molar-refractivity contribution is -0.384. The van der Waals surface area contributed by atoms with Crippen LogP contribution in [0, 0.1) is 10.1 Å². The summed E-state index contributed by atoms with van der Waals surface area (Å²) in [6, 6.07) is 6.18. The van der Waals surface area contributed by atoms with E-state index in [0.29, 0.717) is 13.1 Å². The quantitative estimate of drug-likeness (QED) is 0.543. The molecular formula is C13H13BrN4O4S2. The van der Waals surface area contributed by atoms with Crippen molar-refractivity contribution in [3.05, 3.63) is 44.4 Å². The van der Waals surface area contributed by atoms with Crippen molar-refractivity contribution in [2.24, 2.45) is 0 Å². The number of nitrogens with zero attached hydrogens (tertiary/aromatic N) is 4. The van der Waals surface area contributed by atoms with Crippen molar-refractivity contribution in [2.75, 3.05) is 31.1 Å². The lowest BCUT2D eigenvalue weighted by atomic mass is 10.3. The Hall–Kier alpha value is -1.56. The fraction of sp³-hybridized carbons (Fsp3) is 0.308. The third-order valence-corrected chi connectivity index (χ3v) is 7.63. The summed E-state index contributed by atoms with van der Waals surface area (Å²) >= 11 is 4.43. The van der Waals surface area contributed by atoms with E-state index in [1.165, 1.54) is 22.6 Å². The van der Waals surface area contributed by atoms with E-state index in [1.807, 2.05) is 0 Å². The van der Waals surface area contributed by atoms with Crippen LogP contribution in [0.4, 0.5) is 11.5 Å². The summed E-state index contributed by atoms with van der Waals surface area (Å²) in [6.45, 7) is 1.21. The van der Waals surface area contributed by atoms with Crippen LogP contribution < -0.4 is 4.90 Å². The number of hydrogen-bond donors (Lipinski definition) is 0. The second-order valence-electron chi connectivity index (χ2n) is 5.05. The minimum Gasteiger partial charge on any atom is -0.348 e. The van der Waals surface area contributed by atoms with E-state index in [1.54, 1.807) is 17.0 Å². The van der Waals surface area contributed by atoms with Crippen LogP contribution in [0.3, 0.4) is 0 Å². The van der Waals surface area contributed by atoms with Gasteiger partial charge >= 0.3 is 5.69 Å². The smallest absolute Gasteiger partial charge is 0.311 e. The van der Waals surface area contributed by atoms with Crippen molar-refractivity contribution < 1.29 is 13.3 Å². The minimum absolute atomic E-state index is 0.0732. The second kappa shape index (κ2) is 6.75. The molecule has 11 heteroatoms. The average Bonchev–Trinajstić information content (AvgIpc) is 3.02. The number of thiophene rings is 1. The molecule has 3 rings (SSSR count). The van der Waals surface area contributed by atoms with Gasteiger partial charge in [0.05, 0.1) is 8.71 Å². The van der Waals surface area contributed by atoms with Gasteiger partial charge in [0.1, 0.15) is 4.21 Å². The fourth-order valence-corrected chi connectivity index (χ4v) is 6.06. The van der Waals surface area contributed by atoms with E-state index < -0.39 is 14.9 Å². The van der Waals surface area contributed by atoms with Gasteiger partial charge in [-0.15, -0.1) is 11.3 Å². The van der Waals surface area contributed by atoms with E-state index in [2.05, 4.69) is 20.9 Å². The van der Waals surface area contributed by atoms with Crippen molar-refractivity contribution in [3.8, 4) is 0 Å². The number of sulfonamides is 1. The number of piperazine rings is 1. The number of hydrogen-bond acceptors (Lipinski definition) is 7. The Morgan fingerprint density at radius 2 is 1.92 bits per heavy atom. The first-order valence-corrected chi connectivity index (χ1v) is 10.0. The highest BCUT2D eigenvalue weighted by atomic mass is 79.9. The Balaban J connectivity index is 1.76. The van der Waals surface area contributed by atoms with Crippen LogP contribution in [0.2, 0.25) is 0 Å². The topological polar surface area (TPSA) is 96.7 Å². The number of halogens is 1. The Labute approximate surface area is 151 Å². The van der Waals surface area contributed by atoms with Crippen LogP contribution >= 0.6 is 27.3 Å². The summed E-state index contributed by atoms with van der Waals surface area (Å²) in [4.78, 5) is 16.5. The number of pyridine rings is 1. The second-order valence-corrected chi connectivity index (χ2v) is 9.68. The van der Waals surface area contributed by atoms with Gasteiger partial charge in [0, 0.05) is 38.4 Å². The van der Waals surface area contributed by atoms with Gasteiger partial charge in [-0.1, -0.05) is 0 Å². The first-order chi connectivity index (χ1) is 11.4. The van der Waals surface area contributed by atoms with Gasteiger partial charge in [-0.05, 0) is 34.1 Å². The summed E-state index contributed by atoms with van der Waals surface area (Å²) in [5, 5.41) is 11.1. The number of anilines is 1. The van der Waals surface area contributed by atoms with Gasteiger partial charge in [0.25, 0.3) is 10.0 Å². The number of aromatic nitrogens is 1. The number of nitro groups is 1. The van der Waals surface area contributed by atoms with Crippen LogP contribution in [0.25, 0.3) is 0 Å². The van der Waals surface area contributed by atoms with E-state index in [4.69, 9.17) is 0 Å². The molecule has 24 heavy (non-hydrogen) atoms. The average molecular weight is 433 g/mol. The molecule has 0 aromatic carbocycles. The zero-order chi connectivity index (χ0) is 17.3. The molecule has 3 heterocycles. The molecule has 2 aromatic rings. The van der Waals surface area contributed by atoms with E-state index in [0.717, 1.165) is 15.1 Å². The molecule has 0 saturated carbocycles. The predicted octanol–water partition coefficient (Wildman–Crippen LogP) is 2.32. The summed E-state index contributed by atoms with van der Waals surface area (Å²) in [6.07, 6.45) is 1.49. The van der Waals surface area contributed by atoms with Gasteiger partial charge in [0.15, 0.2) is 0 Å². The van der Waals surface area contributed by atoms with Crippen molar-refractivity contribution >= 4 is 48.8 Å². The Morgan fingerprint density at radius 1 is 1.21 bits per heavy atom. The normalized spacial score (nSPS) is 16.3. The summed E-state index contributed by atoms with van der Waals surface area (Å²) in [5.41, 5.74) is -0.0732. The third kappa shape index (κ3) is 3.29. The molecule has 8 nitrogen and oxygen atoms in total. The van der Waals surface area contributed by atoms with Gasteiger partial charge in [0.2, 0.25) is 5.82 Å². The van der Waals surface area contributed by atoms with Crippen LogP contribution in [0.15, 0.2) is 38.5 Å². The molecule has 128 valence electrons. The maximum atomic E-state index is 12.6.